The summed E-state index contributed by atoms with van der Waals surface area (Å²) in [6, 6.07) is 3.24. The summed E-state index contributed by atoms with van der Waals surface area (Å²) in [5.74, 6) is 0.742. The Labute approximate surface area is 130 Å². The van der Waals surface area contributed by atoms with E-state index in [4.69, 9.17) is 15.9 Å². The Morgan fingerprint density at radius 3 is 2.73 bits per heavy atom. The van der Waals surface area contributed by atoms with Gasteiger partial charge in [-0.15, -0.1) is 11.3 Å². The van der Waals surface area contributed by atoms with Gasteiger partial charge in [0, 0.05) is 12.4 Å². The van der Waals surface area contributed by atoms with Gasteiger partial charge in [-0.2, -0.15) is 4.99 Å². The molecule has 5 N–H and O–H groups in total. The standard InChI is InChI=1S/C11H14N6O3S2/c1-14-9(17-22(2,18)19)8-4-3-7(20-8)6-5-21-11(15-6)16-10(12)13/h3-5H,1-2H3,(H,14,17)(H4,12,13,15,16). The van der Waals surface area contributed by atoms with E-state index in [9.17, 15) is 8.42 Å². The number of nitrogens with one attached hydrogen (secondary N) is 1. The van der Waals surface area contributed by atoms with E-state index >= 15 is 0 Å². The molecule has 0 aliphatic heterocycles. The first-order chi connectivity index (χ1) is 10.3. The van der Waals surface area contributed by atoms with Crippen molar-refractivity contribution in [1.29, 1.82) is 0 Å². The minimum absolute atomic E-state index is 0.0845. The number of nitrogens with two attached hydrogens (primary N) is 2. The molecule has 0 amide bonds. The Morgan fingerprint density at radius 2 is 2.14 bits per heavy atom. The first kappa shape index (κ1) is 16.0. The number of hydrogen-bond acceptors (Lipinski definition) is 7. The van der Waals surface area contributed by atoms with Crippen molar-refractivity contribution in [3.05, 3.63) is 23.3 Å². The molecule has 0 aliphatic carbocycles. The van der Waals surface area contributed by atoms with Crippen LogP contribution in [0.2, 0.25) is 0 Å². The molecule has 118 valence electrons. The van der Waals surface area contributed by atoms with Gasteiger partial charge in [-0.25, -0.2) is 13.4 Å². The number of rotatable bonds is 4. The van der Waals surface area contributed by atoms with E-state index in [2.05, 4.69) is 19.7 Å². The molecule has 0 aromatic carbocycles. The number of guanidine groups is 1. The minimum atomic E-state index is -3.45. The summed E-state index contributed by atoms with van der Waals surface area (Å²) in [7, 11) is -1.99. The number of sulfonamides is 1. The number of nitrogens with zero attached hydrogens (tertiary/aromatic N) is 3. The highest BCUT2D eigenvalue weighted by molar-refractivity contribution is 7.89. The second-order valence-electron chi connectivity index (χ2n) is 4.16. The second kappa shape index (κ2) is 6.15. The topological polar surface area (TPSA) is 149 Å². The van der Waals surface area contributed by atoms with Crippen LogP contribution in [0, 0.1) is 0 Å². The van der Waals surface area contributed by atoms with E-state index in [1.807, 2.05) is 0 Å². The van der Waals surface area contributed by atoms with Gasteiger partial charge in [-0.3, -0.25) is 9.71 Å². The van der Waals surface area contributed by atoms with Crippen molar-refractivity contribution in [3.63, 3.8) is 0 Å². The Hall–Kier alpha value is -2.40. The number of amidine groups is 1. The van der Waals surface area contributed by atoms with Crippen LogP contribution in [-0.4, -0.2) is 38.5 Å². The highest BCUT2D eigenvalue weighted by atomic mass is 32.2. The SMILES string of the molecule is CN=C(NS(C)(=O)=O)c1ccc(-c2csc(N=C(N)N)n2)o1. The van der Waals surface area contributed by atoms with Gasteiger partial charge in [0.1, 0.15) is 5.69 Å². The molecule has 0 saturated heterocycles. The van der Waals surface area contributed by atoms with Crippen LogP contribution in [0.4, 0.5) is 5.13 Å². The van der Waals surface area contributed by atoms with Crippen LogP contribution in [-0.2, 0) is 10.0 Å². The zero-order valence-corrected chi connectivity index (χ0v) is 13.4. The van der Waals surface area contributed by atoms with Gasteiger partial charge in [0.25, 0.3) is 0 Å². The zero-order valence-electron chi connectivity index (χ0n) is 11.8. The van der Waals surface area contributed by atoms with Gasteiger partial charge in [-0.05, 0) is 12.1 Å². The number of aromatic nitrogens is 1. The Kier molecular flexibility index (Phi) is 4.47. The van der Waals surface area contributed by atoms with Gasteiger partial charge in [-0.1, -0.05) is 0 Å². The molecule has 22 heavy (non-hydrogen) atoms. The second-order valence-corrected chi connectivity index (χ2v) is 6.75. The van der Waals surface area contributed by atoms with Crippen molar-refractivity contribution < 1.29 is 12.8 Å². The van der Waals surface area contributed by atoms with E-state index in [0.29, 0.717) is 16.6 Å². The normalized spacial score (nSPS) is 12.2. The molecule has 2 rings (SSSR count). The van der Waals surface area contributed by atoms with Gasteiger partial charge in [0.05, 0.1) is 6.26 Å². The highest BCUT2D eigenvalue weighted by Gasteiger charge is 2.15. The van der Waals surface area contributed by atoms with E-state index < -0.39 is 10.0 Å². The van der Waals surface area contributed by atoms with Crippen molar-refractivity contribution in [2.24, 2.45) is 21.5 Å². The van der Waals surface area contributed by atoms with Crippen LogP contribution >= 0.6 is 11.3 Å². The van der Waals surface area contributed by atoms with E-state index in [-0.39, 0.29) is 17.6 Å². The molecule has 0 spiro atoms. The first-order valence-corrected chi connectivity index (χ1v) is 8.66. The van der Waals surface area contributed by atoms with Crippen LogP contribution in [0.15, 0.2) is 31.9 Å². The van der Waals surface area contributed by atoms with Crippen molar-refractivity contribution in [2.45, 2.75) is 0 Å². The van der Waals surface area contributed by atoms with Crippen molar-refractivity contribution in [2.75, 3.05) is 13.3 Å². The van der Waals surface area contributed by atoms with Gasteiger partial charge >= 0.3 is 0 Å². The molecule has 0 fully saturated rings. The number of furan rings is 1. The maximum Gasteiger partial charge on any atom is 0.231 e. The lowest BCUT2D eigenvalue weighted by Crippen LogP contribution is -2.29. The predicted octanol–water partition coefficient (Wildman–Crippen LogP) is 0.234. The molecule has 0 unspecified atom stereocenters. The molecule has 11 heteroatoms. The quantitative estimate of drug-likeness (QED) is 0.535. The first-order valence-electron chi connectivity index (χ1n) is 5.89. The lowest BCUT2D eigenvalue weighted by atomic mass is 10.3. The Morgan fingerprint density at radius 1 is 1.41 bits per heavy atom. The summed E-state index contributed by atoms with van der Waals surface area (Å²) < 4.78 is 30.4. The van der Waals surface area contributed by atoms with Crippen LogP contribution < -0.4 is 16.2 Å². The third kappa shape index (κ3) is 4.05. The molecular formula is C11H14N6O3S2. The Bertz CT molecular complexity index is 830. The number of hydrogen-bond donors (Lipinski definition) is 3. The monoisotopic (exact) mass is 342 g/mol. The minimum Gasteiger partial charge on any atom is -0.451 e. The van der Waals surface area contributed by atoms with Crippen LogP contribution in [0.3, 0.4) is 0 Å². The zero-order chi connectivity index (χ0) is 16.3. The van der Waals surface area contributed by atoms with Gasteiger partial charge < -0.3 is 15.9 Å². The lowest BCUT2D eigenvalue weighted by molar-refractivity contribution is 0.566. The van der Waals surface area contributed by atoms with Crippen molar-refractivity contribution in [3.8, 4) is 11.5 Å². The maximum absolute atomic E-state index is 11.3. The van der Waals surface area contributed by atoms with Crippen molar-refractivity contribution in [1.82, 2.24) is 9.71 Å². The molecular weight excluding hydrogens is 328 g/mol. The van der Waals surface area contributed by atoms with Crippen LogP contribution in [0.25, 0.3) is 11.5 Å². The average molecular weight is 342 g/mol. The summed E-state index contributed by atoms with van der Waals surface area (Å²) >= 11 is 1.25. The lowest BCUT2D eigenvalue weighted by Gasteiger charge is -2.03. The van der Waals surface area contributed by atoms with Gasteiger partial charge in [0.2, 0.25) is 15.2 Å². The fraction of sp³-hybridized carbons (Fsp3) is 0.182. The van der Waals surface area contributed by atoms with Gasteiger partial charge in [0.15, 0.2) is 23.3 Å². The summed E-state index contributed by atoms with van der Waals surface area (Å²) in [6.07, 6.45) is 1.03. The number of aliphatic imine (C=N–C) groups is 2. The molecule has 0 atom stereocenters. The number of thiazole rings is 1. The smallest absolute Gasteiger partial charge is 0.231 e. The third-order valence-electron chi connectivity index (χ3n) is 2.31. The fourth-order valence-electron chi connectivity index (χ4n) is 1.52. The molecule has 2 aromatic rings. The van der Waals surface area contributed by atoms with E-state index in [1.165, 1.54) is 18.4 Å². The Balaban J connectivity index is 2.28. The van der Waals surface area contributed by atoms with Crippen LogP contribution in [0.5, 0.6) is 0 Å². The summed E-state index contributed by atoms with van der Waals surface area (Å²) in [6.45, 7) is 0. The third-order valence-corrected chi connectivity index (χ3v) is 3.61. The molecule has 9 nitrogen and oxygen atoms in total. The van der Waals surface area contributed by atoms with Crippen LogP contribution in [0.1, 0.15) is 5.76 Å². The van der Waals surface area contributed by atoms with E-state index in [1.54, 1.807) is 17.5 Å². The molecule has 0 saturated carbocycles. The summed E-state index contributed by atoms with van der Waals surface area (Å²) in [4.78, 5) is 11.9. The average Bonchev–Trinajstić information content (AvgIpc) is 3.02. The molecule has 0 bridgehead atoms. The maximum atomic E-state index is 11.3. The van der Waals surface area contributed by atoms with E-state index in [0.717, 1.165) is 6.26 Å². The molecule has 0 radical (unpaired) electrons. The van der Waals surface area contributed by atoms with Crippen molar-refractivity contribution >= 4 is 38.3 Å². The molecule has 2 heterocycles. The fourth-order valence-corrected chi connectivity index (χ4v) is 2.76. The highest BCUT2D eigenvalue weighted by Crippen LogP contribution is 2.28. The largest absolute Gasteiger partial charge is 0.451 e. The predicted molar refractivity (Wildman–Crippen MR) is 85.7 cm³/mol. The summed E-state index contributed by atoms with van der Waals surface area (Å²) in [5, 5.41) is 2.11. The summed E-state index contributed by atoms with van der Waals surface area (Å²) in [5.41, 5.74) is 11.1. The molecule has 2 aromatic heterocycles. The molecule has 0 aliphatic rings.